The topological polar surface area (TPSA) is 113 Å². The van der Waals surface area contributed by atoms with Gasteiger partial charge in [0.05, 0.1) is 38.1 Å². The third-order valence-corrected chi connectivity index (χ3v) is 9.46. The Morgan fingerprint density at radius 1 is 0.944 bits per heavy atom. The van der Waals surface area contributed by atoms with E-state index in [1.165, 1.54) is 43.3 Å². The molecule has 0 fully saturated rings. The van der Waals surface area contributed by atoms with Crippen LogP contribution in [0.15, 0.2) is 46.2 Å². The summed E-state index contributed by atoms with van der Waals surface area (Å²) in [5.74, 6) is -0.271. The molecule has 0 aliphatic carbocycles. The maximum absolute atomic E-state index is 13.1. The zero-order valence-corrected chi connectivity index (χ0v) is 23.8. The first kappa shape index (κ1) is 30.5. The van der Waals surface area contributed by atoms with Gasteiger partial charge in [-0.3, -0.25) is 4.79 Å². The minimum atomic E-state index is -3.98. The summed E-state index contributed by atoms with van der Waals surface area (Å²) in [6, 6.07) is 8.12. The third-order valence-electron chi connectivity index (χ3n) is 4.85. The first-order valence-electron chi connectivity index (χ1n) is 10.8. The Morgan fingerprint density at radius 2 is 1.53 bits per heavy atom. The number of sulfone groups is 2. The molecule has 0 unspecified atom stereocenters. The zero-order chi connectivity index (χ0) is 27.1. The molecule has 0 aromatic heterocycles. The summed E-state index contributed by atoms with van der Waals surface area (Å²) in [7, 11) is -7.10. The molecule has 0 aliphatic heterocycles. The first-order valence-corrected chi connectivity index (χ1v) is 15.4. The maximum atomic E-state index is 13.1. The normalized spacial score (nSPS) is 13.6. The number of halogens is 3. The summed E-state index contributed by atoms with van der Waals surface area (Å²) in [6.45, 7) is 4.63. The van der Waals surface area contributed by atoms with E-state index in [-0.39, 0.29) is 62.1 Å². The van der Waals surface area contributed by atoms with Crippen LogP contribution in [-0.2, 0) is 29.2 Å². The summed E-state index contributed by atoms with van der Waals surface area (Å²) < 4.78 is 65.8. The van der Waals surface area contributed by atoms with Crippen LogP contribution in [0.25, 0.3) is 0 Å². The fourth-order valence-corrected chi connectivity index (χ4v) is 6.43. The molecule has 2 aromatic carbocycles. The first-order chi connectivity index (χ1) is 16.8. The molecule has 2 rings (SSSR count). The minimum absolute atomic E-state index is 0.00742. The zero-order valence-electron chi connectivity index (χ0n) is 19.9. The Hall–Kier alpha value is -1.72. The van der Waals surface area contributed by atoms with Crippen molar-refractivity contribution in [2.75, 3.05) is 30.6 Å². The molecule has 0 N–H and O–H groups in total. The molecule has 13 heteroatoms. The number of ether oxygens (including phenoxy) is 3. The van der Waals surface area contributed by atoms with E-state index in [9.17, 15) is 21.6 Å². The number of rotatable bonds is 13. The highest BCUT2D eigenvalue weighted by molar-refractivity contribution is 7.91. The molecule has 0 saturated heterocycles. The van der Waals surface area contributed by atoms with Crippen LogP contribution in [0.3, 0.4) is 0 Å². The average molecular weight is 602 g/mol. The van der Waals surface area contributed by atoms with Gasteiger partial charge in [-0.2, -0.15) is 0 Å². The molecule has 8 nitrogen and oxygen atoms in total. The Balaban J connectivity index is 2.13. The monoisotopic (exact) mass is 600 g/mol. The lowest BCUT2D eigenvalue weighted by molar-refractivity contribution is -0.146. The summed E-state index contributed by atoms with van der Waals surface area (Å²) in [6.07, 6.45) is -0.737. The van der Waals surface area contributed by atoms with E-state index < -0.39 is 31.7 Å². The number of esters is 1. The van der Waals surface area contributed by atoms with Crippen molar-refractivity contribution in [3.63, 3.8) is 0 Å². The van der Waals surface area contributed by atoms with Crippen LogP contribution in [0.1, 0.15) is 20.8 Å². The molecule has 0 radical (unpaired) electrons. The van der Waals surface area contributed by atoms with Crippen LogP contribution in [0.5, 0.6) is 11.5 Å². The van der Waals surface area contributed by atoms with Crippen molar-refractivity contribution in [2.24, 2.45) is 5.92 Å². The highest BCUT2D eigenvalue weighted by Crippen LogP contribution is 2.37. The molecule has 0 heterocycles. The lowest BCUT2D eigenvalue weighted by Gasteiger charge is -2.17. The number of benzene rings is 2. The van der Waals surface area contributed by atoms with Crippen LogP contribution in [-0.4, -0.2) is 59.5 Å². The largest absolute Gasteiger partial charge is 0.493 e. The SMILES string of the molecule is CCS(=O)(=O)C[C@@H](C)COc1ccc(S(=O)(=O)c2cc(Cl)c(OC[C@H](CCl)OC(C)=O)c(Cl)c2)cc1. The molecule has 0 bridgehead atoms. The van der Waals surface area contributed by atoms with Gasteiger partial charge in [-0.1, -0.05) is 37.0 Å². The van der Waals surface area contributed by atoms with Crippen LogP contribution in [0.2, 0.25) is 10.0 Å². The molecule has 0 saturated carbocycles. The molecule has 36 heavy (non-hydrogen) atoms. The summed E-state index contributed by atoms with van der Waals surface area (Å²) in [4.78, 5) is 10.9. The molecule has 0 spiro atoms. The van der Waals surface area contributed by atoms with Gasteiger partial charge >= 0.3 is 5.97 Å². The van der Waals surface area contributed by atoms with Crippen LogP contribution in [0, 0.1) is 5.92 Å². The van der Waals surface area contributed by atoms with Crippen LogP contribution < -0.4 is 9.47 Å². The van der Waals surface area contributed by atoms with Gasteiger partial charge in [-0.25, -0.2) is 16.8 Å². The second kappa shape index (κ2) is 13.2. The second-order valence-electron chi connectivity index (χ2n) is 8.00. The summed E-state index contributed by atoms with van der Waals surface area (Å²) in [5.41, 5.74) is 0. The maximum Gasteiger partial charge on any atom is 0.303 e. The van der Waals surface area contributed by atoms with E-state index in [0.29, 0.717) is 5.75 Å². The van der Waals surface area contributed by atoms with Crippen molar-refractivity contribution in [2.45, 2.75) is 36.7 Å². The molecule has 0 aliphatic rings. The Kier molecular flexibility index (Phi) is 11.2. The van der Waals surface area contributed by atoms with Gasteiger partial charge in [0.2, 0.25) is 9.84 Å². The molecular weight excluding hydrogens is 575 g/mol. The fraction of sp³-hybridized carbons (Fsp3) is 0.435. The average Bonchev–Trinajstić information content (AvgIpc) is 2.81. The highest BCUT2D eigenvalue weighted by atomic mass is 35.5. The smallest absolute Gasteiger partial charge is 0.303 e. The lowest BCUT2D eigenvalue weighted by Crippen LogP contribution is -2.25. The lowest BCUT2D eigenvalue weighted by atomic mass is 10.2. The summed E-state index contributed by atoms with van der Waals surface area (Å²) >= 11 is 18.2. The van der Waals surface area contributed by atoms with Crippen molar-refractivity contribution in [1.82, 2.24) is 0 Å². The Bertz CT molecular complexity index is 1240. The van der Waals surface area contributed by atoms with E-state index in [2.05, 4.69) is 0 Å². The van der Waals surface area contributed by atoms with Crippen LogP contribution >= 0.6 is 34.8 Å². The summed E-state index contributed by atoms with van der Waals surface area (Å²) in [5, 5.41) is -0.0959. The van der Waals surface area contributed by atoms with E-state index in [1.54, 1.807) is 13.8 Å². The number of carbonyl (C=O) groups excluding carboxylic acids is 1. The van der Waals surface area contributed by atoms with Crippen LogP contribution in [0.4, 0.5) is 0 Å². The second-order valence-corrected chi connectivity index (χ2v) is 13.5. The van der Waals surface area contributed by atoms with Crippen molar-refractivity contribution < 1.29 is 35.8 Å². The van der Waals surface area contributed by atoms with Gasteiger partial charge < -0.3 is 14.2 Å². The Labute approximate surface area is 226 Å². The quantitative estimate of drug-likeness (QED) is 0.237. The standard InChI is InChI=1S/C23H27Cl3O8S2/c1-4-35(28,29)14-15(2)12-32-17-5-7-19(8-6-17)36(30,31)20-9-21(25)23(22(26)10-20)33-13-18(11-24)34-16(3)27/h5-10,15,18H,4,11-14H2,1-3H3/t15-,18-/m0/s1. The van der Waals surface area contributed by atoms with Crippen molar-refractivity contribution in [3.05, 3.63) is 46.4 Å². The number of carbonyl (C=O) groups is 1. The van der Waals surface area contributed by atoms with Crippen molar-refractivity contribution in [1.29, 1.82) is 0 Å². The molecule has 0 amide bonds. The van der Waals surface area contributed by atoms with Crippen molar-refractivity contribution >= 4 is 60.4 Å². The van der Waals surface area contributed by atoms with E-state index >= 15 is 0 Å². The minimum Gasteiger partial charge on any atom is -0.493 e. The molecular formula is C23H27Cl3O8S2. The molecule has 2 aromatic rings. The van der Waals surface area contributed by atoms with E-state index in [1.807, 2.05) is 0 Å². The van der Waals surface area contributed by atoms with Gasteiger partial charge in [-0.15, -0.1) is 11.6 Å². The number of alkyl halides is 1. The van der Waals surface area contributed by atoms with E-state index in [0.717, 1.165) is 0 Å². The molecule has 200 valence electrons. The van der Waals surface area contributed by atoms with Crippen molar-refractivity contribution in [3.8, 4) is 11.5 Å². The van der Waals surface area contributed by atoms with Gasteiger partial charge in [0.1, 0.15) is 28.3 Å². The van der Waals surface area contributed by atoms with Gasteiger partial charge in [0.15, 0.2) is 5.75 Å². The predicted octanol–water partition coefficient (Wildman–Crippen LogP) is 4.83. The van der Waals surface area contributed by atoms with E-state index in [4.69, 9.17) is 49.0 Å². The molecule has 2 atom stereocenters. The highest BCUT2D eigenvalue weighted by Gasteiger charge is 2.23. The van der Waals surface area contributed by atoms with Gasteiger partial charge in [0.25, 0.3) is 0 Å². The number of hydrogen-bond acceptors (Lipinski definition) is 8. The Morgan fingerprint density at radius 3 is 2.03 bits per heavy atom. The fourth-order valence-electron chi connectivity index (χ4n) is 3.04. The predicted molar refractivity (Wildman–Crippen MR) is 139 cm³/mol. The van der Waals surface area contributed by atoms with Gasteiger partial charge in [0, 0.05) is 18.6 Å². The number of hydrogen-bond donors (Lipinski definition) is 0. The van der Waals surface area contributed by atoms with Gasteiger partial charge in [-0.05, 0) is 36.4 Å². The third kappa shape index (κ3) is 8.69.